The number of benzene rings is 1. The van der Waals surface area contributed by atoms with Crippen molar-refractivity contribution in [3.8, 4) is 5.82 Å². The Bertz CT molecular complexity index is 1150. The number of halogens is 1. The Labute approximate surface area is 157 Å². The van der Waals surface area contributed by atoms with Crippen molar-refractivity contribution in [3.63, 3.8) is 0 Å². The minimum Gasteiger partial charge on any atom is -0.319 e. The lowest BCUT2D eigenvalue weighted by Gasteiger charge is -2.04. The van der Waals surface area contributed by atoms with E-state index in [9.17, 15) is 9.18 Å². The molecule has 0 spiro atoms. The van der Waals surface area contributed by atoms with Gasteiger partial charge in [-0.3, -0.25) is 4.79 Å². The molecule has 0 saturated heterocycles. The van der Waals surface area contributed by atoms with E-state index in [0.717, 1.165) is 0 Å². The molecule has 1 aromatic carbocycles. The molecule has 0 aliphatic rings. The van der Waals surface area contributed by atoms with Gasteiger partial charge >= 0.3 is 0 Å². The lowest BCUT2D eigenvalue weighted by molar-refractivity contribution is 0.0997. The Morgan fingerprint density at radius 1 is 1.15 bits per heavy atom. The molecule has 0 aliphatic carbocycles. The summed E-state index contributed by atoms with van der Waals surface area (Å²) in [7, 11) is 0. The maximum atomic E-state index is 13.9. The van der Waals surface area contributed by atoms with E-state index in [-0.39, 0.29) is 5.82 Å². The Kier molecular flexibility index (Phi) is 4.71. The predicted octanol–water partition coefficient (Wildman–Crippen LogP) is 3.06. The lowest BCUT2D eigenvalue weighted by atomic mass is 10.2. The maximum Gasteiger partial charge on any atom is 0.279 e. The lowest BCUT2D eigenvalue weighted by Crippen LogP contribution is -2.17. The molecule has 134 valence electrons. The molecule has 8 heteroatoms. The molecule has 0 unspecified atom stereocenters. The highest BCUT2D eigenvalue weighted by molar-refractivity contribution is 7.07. The molecule has 0 saturated carbocycles. The van der Waals surface area contributed by atoms with Gasteiger partial charge in [0.1, 0.15) is 5.82 Å². The van der Waals surface area contributed by atoms with Crippen LogP contribution < -0.4 is 4.80 Å². The van der Waals surface area contributed by atoms with Gasteiger partial charge in [-0.05, 0) is 24.3 Å². The van der Waals surface area contributed by atoms with E-state index in [0.29, 0.717) is 28.3 Å². The van der Waals surface area contributed by atoms with Gasteiger partial charge in [0.2, 0.25) is 0 Å². The third-order valence-corrected chi connectivity index (χ3v) is 4.68. The average Bonchev–Trinajstić information content (AvgIpc) is 3.36. The van der Waals surface area contributed by atoms with Crippen molar-refractivity contribution in [3.05, 3.63) is 94.4 Å². The highest BCUT2D eigenvalue weighted by Crippen LogP contribution is 2.09. The van der Waals surface area contributed by atoms with Crippen LogP contribution in [-0.4, -0.2) is 25.2 Å². The fourth-order valence-corrected chi connectivity index (χ4v) is 3.28. The standard InChI is InChI=1S/C19H14FN5OS/c20-16-5-2-1-4-15(16)13-24-10-11-27-19(24)23-18(26)14-6-8-21-17(12-14)25-9-3-7-22-25/h1-12H,13H2. The zero-order valence-corrected chi connectivity index (χ0v) is 14.9. The molecule has 3 aromatic heterocycles. The molecule has 0 atom stereocenters. The molecule has 1 amide bonds. The Morgan fingerprint density at radius 3 is 2.85 bits per heavy atom. The molecule has 6 nitrogen and oxygen atoms in total. The van der Waals surface area contributed by atoms with E-state index in [4.69, 9.17) is 0 Å². The van der Waals surface area contributed by atoms with Gasteiger partial charge in [-0.15, -0.1) is 11.3 Å². The summed E-state index contributed by atoms with van der Waals surface area (Å²) in [4.78, 5) is 21.5. The summed E-state index contributed by atoms with van der Waals surface area (Å²) in [5, 5.41) is 5.92. The zero-order chi connectivity index (χ0) is 18.6. The minimum atomic E-state index is -0.393. The molecule has 0 fully saturated rings. The number of aromatic nitrogens is 4. The topological polar surface area (TPSA) is 65.1 Å². The summed E-state index contributed by atoms with van der Waals surface area (Å²) < 4.78 is 17.2. The summed E-state index contributed by atoms with van der Waals surface area (Å²) in [6, 6.07) is 11.6. The molecule has 4 rings (SSSR count). The summed E-state index contributed by atoms with van der Waals surface area (Å²) in [6.07, 6.45) is 6.71. The van der Waals surface area contributed by atoms with Crippen LogP contribution in [0.25, 0.3) is 5.82 Å². The van der Waals surface area contributed by atoms with Gasteiger partial charge in [0.05, 0.1) is 6.54 Å². The fourth-order valence-electron chi connectivity index (χ4n) is 2.55. The summed E-state index contributed by atoms with van der Waals surface area (Å²) >= 11 is 1.32. The van der Waals surface area contributed by atoms with E-state index in [1.54, 1.807) is 70.4 Å². The van der Waals surface area contributed by atoms with Crippen molar-refractivity contribution < 1.29 is 9.18 Å². The van der Waals surface area contributed by atoms with Gasteiger partial charge in [-0.1, -0.05) is 18.2 Å². The normalized spacial score (nSPS) is 11.7. The van der Waals surface area contributed by atoms with Gasteiger partial charge < -0.3 is 4.57 Å². The number of rotatable bonds is 4. The molecular weight excluding hydrogens is 365 g/mol. The van der Waals surface area contributed by atoms with Crippen LogP contribution in [0.5, 0.6) is 0 Å². The fraction of sp³-hybridized carbons (Fsp3) is 0.0526. The Hall–Kier alpha value is -3.39. The van der Waals surface area contributed by atoms with Crippen LogP contribution in [0, 0.1) is 5.82 Å². The van der Waals surface area contributed by atoms with Crippen molar-refractivity contribution >= 4 is 17.2 Å². The highest BCUT2D eigenvalue weighted by Gasteiger charge is 2.09. The number of carbonyl (C=O) groups is 1. The smallest absolute Gasteiger partial charge is 0.279 e. The monoisotopic (exact) mass is 379 g/mol. The van der Waals surface area contributed by atoms with Crippen LogP contribution >= 0.6 is 11.3 Å². The van der Waals surface area contributed by atoms with Gasteiger partial charge in [0, 0.05) is 41.3 Å². The summed E-state index contributed by atoms with van der Waals surface area (Å²) in [6.45, 7) is 0.303. The Balaban J connectivity index is 1.63. The number of carbonyl (C=O) groups excluding carboxylic acids is 1. The third-order valence-electron chi connectivity index (χ3n) is 3.89. The van der Waals surface area contributed by atoms with Crippen molar-refractivity contribution in [1.29, 1.82) is 0 Å². The second kappa shape index (κ2) is 7.46. The summed E-state index contributed by atoms with van der Waals surface area (Å²) in [5.74, 6) is -0.145. The van der Waals surface area contributed by atoms with Crippen LogP contribution in [0.3, 0.4) is 0 Å². The van der Waals surface area contributed by atoms with E-state index < -0.39 is 5.91 Å². The van der Waals surface area contributed by atoms with E-state index in [1.807, 2.05) is 5.38 Å². The zero-order valence-electron chi connectivity index (χ0n) is 14.1. The first kappa shape index (κ1) is 17.0. The molecule has 0 bridgehead atoms. The predicted molar refractivity (Wildman–Crippen MR) is 99.1 cm³/mol. The quantitative estimate of drug-likeness (QED) is 0.547. The second-order valence-electron chi connectivity index (χ2n) is 5.68. The summed E-state index contributed by atoms with van der Waals surface area (Å²) in [5.41, 5.74) is 0.941. The molecule has 3 heterocycles. The van der Waals surface area contributed by atoms with Crippen molar-refractivity contribution in [2.24, 2.45) is 4.99 Å². The van der Waals surface area contributed by atoms with Crippen LogP contribution in [0.15, 0.2) is 77.6 Å². The van der Waals surface area contributed by atoms with Gasteiger partial charge in [0.15, 0.2) is 10.6 Å². The molecule has 4 aromatic rings. The van der Waals surface area contributed by atoms with Crippen LogP contribution in [-0.2, 0) is 6.54 Å². The first-order chi connectivity index (χ1) is 13.2. The molecule has 0 aliphatic heterocycles. The van der Waals surface area contributed by atoms with Gasteiger partial charge in [-0.25, -0.2) is 14.1 Å². The Morgan fingerprint density at radius 2 is 2.04 bits per heavy atom. The van der Waals surface area contributed by atoms with Crippen LogP contribution in [0.4, 0.5) is 4.39 Å². The molecule has 0 N–H and O–H groups in total. The van der Waals surface area contributed by atoms with E-state index in [1.165, 1.54) is 17.4 Å². The van der Waals surface area contributed by atoms with Crippen molar-refractivity contribution in [2.75, 3.05) is 0 Å². The van der Waals surface area contributed by atoms with E-state index in [2.05, 4.69) is 15.1 Å². The second-order valence-corrected chi connectivity index (χ2v) is 6.55. The van der Waals surface area contributed by atoms with E-state index >= 15 is 0 Å². The average molecular weight is 379 g/mol. The molecule has 27 heavy (non-hydrogen) atoms. The van der Waals surface area contributed by atoms with Crippen molar-refractivity contribution in [2.45, 2.75) is 6.54 Å². The number of hydrogen-bond acceptors (Lipinski definition) is 4. The molecular formula is C19H14FN5OS. The minimum absolute atomic E-state index is 0.286. The molecule has 0 radical (unpaired) electrons. The van der Waals surface area contributed by atoms with Gasteiger partial charge in [0.25, 0.3) is 5.91 Å². The third kappa shape index (κ3) is 3.75. The van der Waals surface area contributed by atoms with Crippen LogP contribution in [0.1, 0.15) is 15.9 Å². The van der Waals surface area contributed by atoms with Crippen molar-refractivity contribution in [1.82, 2.24) is 19.3 Å². The number of nitrogens with zero attached hydrogens (tertiary/aromatic N) is 5. The largest absolute Gasteiger partial charge is 0.319 e. The SMILES string of the molecule is O=C(N=c1sccn1Cc1ccccc1F)c1ccnc(-n2cccn2)c1. The maximum absolute atomic E-state index is 13.9. The van der Waals surface area contributed by atoms with Crippen LogP contribution in [0.2, 0.25) is 0 Å². The number of thiazole rings is 1. The number of amides is 1. The number of pyridine rings is 1. The first-order valence-electron chi connectivity index (χ1n) is 8.13. The number of hydrogen-bond donors (Lipinski definition) is 0. The first-order valence-corrected chi connectivity index (χ1v) is 9.01. The van der Waals surface area contributed by atoms with Gasteiger partial charge in [-0.2, -0.15) is 10.1 Å². The highest BCUT2D eigenvalue weighted by atomic mass is 32.1.